The lowest BCUT2D eigenvalue weighted by Gasteiger charge is -2.02. The summed E-state index contributed by atoms with van der Waals surface area (Å²) in [5, 5.41) is 11.0. The van der Waals surface area contributed by atoms with E-state index in [0.29, 0.717) is 11.3 Å². The molecule has 0 aliphatic heterocycles. The molecule has 0 bridgehead atoms. The molecule has 80 valence electrons. The highest BCUT2D eigenvalue weighted by molar-refractivity contribution is 5.77. The molecule has 16 heavy (non-hydrogen) atoms. The highest BCUT2D eigenvalue weighted by atomic mass is 16.4. The first-order valence-corrected chi connectivity index (χ1v) is 5.03. The van der Waals surface area contributed by atoms with Crippen molar-refractivity contribution in [2.45, 2.75) is 6.10 Å². The summed E-state index contributed by atoms with van der Waals surface area (Å²) in [6.07, 6.45) is 2.27. The van der Waals surface area contributed by atoms with E-state index in [0.717, 1.165) is 11.0 Å². The largest absolute Gasteiger partial charge is 0.472 e. The monoisotopic (exact) mass is 214 g/mol. The molecular formula is C13H10O3. The van der Waals surface area contributed by atoms with Crippen LogP contribution in [0.25, 0.3) is 11.0 Å². The zero-order valence-corrected chi connectivity index (χ0v) is 8.46. The smallest absolute Gasteiger partial charge is 0.140 e. The summed E-state index contributed by atoms with van der Waals surface area (Å²) in [7, 11) is 0. The molecule has 3 nitrogen and oxygen atoms in total. The normalized spacial score (nSPS) is 13.1. The molecule has 2 heterocycles. The van der Waals surface area contributed by atoms with Crippen LogP contribution in [0, 0.1) is 0 Å². The quantitative estimate of drug-likeness (QED) is 0.712. The van der Waals surface area contributed by atoms with Crippen molar-refractivity contribution in [3.63, 3.8) is 0 Å². The third kappa shape index (κ3) is 1.42. The number of benzene rings is 1. The van der Waals surface area contributed by atoms with E-state index in [1.165, 1.54) is 12.5 Å². The van der Waals surface area contributed by atoms with E-state index in [-0.39, 0.29) is 0 Å². The summed E-state index contributed by atoms with van der Waals surface area (Å²) < 4.78 is 10.5. The average Bonchev–Trinajstić information content (AvgIpc) is 2.97. The fourth-order valence-electron chi connectivity index (χ4n) is 1.73. The van der Waals surface area contributed by atoms with Crippen LogP contribution in [0.5, 0.6) is 0 Å². The number of fused-ring (bicyclic) bond motifs is 1. The van der Waals surface area contributed by atoms with Gasteiger partial charge in [-0.1, -0.05) is 18.2 Å². The van der Waals surface area contributed by atoms with Gasteiger partial charge in [-0.25, -0.2) is 0 Å². The maximum Gasteiger partial charge on any atom is 0.140 e. The molecule has 0 saturated heterocycles. The highest BCUT2D eigenvalue weighted by Crippen LogP contribution is 2.28. The predicted octanol–water partition coefficient (Wildman–Crippen LogP) is 3.11. The summed E-state index contributed by atoms with van der Waals surface area (Å²) in [4.78, 5) is 0. The Labute approximate surface area is 91.9 Å². The van der Waals surface area contributed by atoms with E-state index in [1.807, 2.05) is 30.3 Å². The molecule has 3 rings (SSSR count). The Morgan fingerprint density at radius 2 is 2.00 bits per heavy atom. The van der Waals surface area contributed by atoms with Crippen LogP contribution in [0.15, 0.2) is 57.8 Å². The number of aliphatic hydroxyl groups excluding tert-OH is 1. The van der Waals surface area contributed by atoms with Crippen LogP contribution in [0.1, 0.15) is 17.4 Å². The first-order chi connectivity index (χ1) is 7.84. The molecule has 3 heteroatoms. The van der Waals surface area contributed by atoms with E-state index in [4.69, 9.17) is 8.83 Å². The van der Waals surface area contributed by atoms with Gasteiger partial charge >= 0.3 is 0 Å². The zero-order chi connectivity index (χ0) is 11.0. The van der Waals surface area contributed by atoms with Crippen LogP contribution in [-0.4, -0.2) is 5.11 Å². The Hall–Kier alpha value is -2.00. The van der Waals surface area contributed by atoms with Crippen LogP contribution in [0.4, 0.5) is 0 Å². The van der Waals surface area contributed by atoms with Crippen LogP contribution in [-0.2, 0) is 0 Å². The lowest BCUT2D eigenvalue weighted by atomic mass is 10.1. The Morgan fingerprint density at radius 3 is 2.75 bits per heavy atom. The SMILES string of the molecule is OC(c1ccoc1)c1cc2ccccc2o1. The third-order valence-electron chi connectivity index (χ3n) is 2.57. The predicted molar refractivity (Wildman–Crippen MR) is 59.0 cm³/mol. The van der Waals surface area contributed by atoms with E-state index >= 15 is 0 Å². The molecule has 1 atom stereocenters. The van der Waals surface area contributed by atoms with Gasteiger partial charge in [-0.05, 0) is 18.2 Å². The van der Waals surface area contributed by atoms with Gasteiger partial charge in [0.1, 0.15) is 17.4 Å². The molecular weight excluding hydrogens is 204 g/mol. The van der Waals surface area contributed by atoms with Gasteiger partial charge in [0, 0.05) is 10.9 Å². The molecule has 0 saturated carbocycles. The average molecular weight is 214 g/mol. The number of furan rings is 2. The van der Waals surface area contributed by atoms with Gasteiger partial charge in [0.15, 0.2) is 0 Å². The number of hydrogen-bond acceptors (Lipinski definition) is 3. The third-order valence-corrected chi connectivity index (χ3v) is 2.57. The van der Waals surface area contributed by atoms with Gasteiger partial charge in [-0.3, -0.25) is 0 Å². The summed E-state index contributed by atoms with van der Waals surface area (Å²) in [5.74, 6) is 0.530. The minimum atomic E-state index is -0.772. The summed E-state index contributed by atoms with van der Waals surface area (Å²) in [6.45, 7) is 0. The van der Waals surface area contributed by atoms with E-state index in [2.05, 4.69) is 0 Å². The minimum absolute atomic E-state index is 0.530. The van der Waals surface area contributed by atoms with Crippen molar-refractivity contribution in [3.8, 4) is 0 Å². The first kappa shape index (κ1) is 9.24. The van der Waals surface area contributed by atoms with E-state index in [9.17, 15) is 5.11 Å². The molecule has 1 aromatic carbocycles. The zero-order valence-electron chi connectivity index (χ0n) is 8.46. The number of aliphatic hydroxyl groups is 1. The van der Waals surface area contributed by atoms with Crippen molar-refractivity contribution in [1.29, 1.82) is 0 Å². The summed E-state index contributed by atoms with van der Waals surface area (Å²) in [5.41, 5.74) is 1.47. The topological polar surface area (TPSA) is 46.5 Å². The van der Waals surface area contributed by atoms with Crippen molar-refractivity contribution in [2.75, 3.05) is 0 Å². The molecule has 0 radical (unpaired) electrons. The van der Waals surface area contributed by atoms with Crippen LogP contribution in [0.3, 0.4) is 0 Å². The maximum absolute atomic E-state index is 10.0. The van der Waals surface area contributed by atoms with Gasteiger partial charge in [0.05, 0.1) is 12.5 Å². The molecule has 3 aromatic rings. The minimum Gasteiger partial charge on any atom is -0.472 e. The molecule has 0 aliphatic carbocycles. The molecule has 0 aliphatic rings. The Bertz CT molecular complexity index is 559. The van der Waals surface area contributed by atoms with E-state index < -0.39 is 6.10 Å². The fourth-order valence-corrected chi connectivity index (χ4v) is 1.73. The Kier molecular flexibility index (Phi) is 2.04. The standard InChI is InChI=1S/C13H10O3/c14-13(10-5-6-15-8-10)12-7-9-3-1-2-4-11(9)16-12/h1-8,13-14H. The summed E-state index contributed by atoms with van der Waals surface area (Å²) >= 11 is 0. The number of hydrogen-bond donors (Lipinski definition) is 1. The van der Waals surface area contributed by atoms with Crippen LogP contribution < -0.4 is 0 Å². The molecule has 1 unspecified atom stereocenters. The second kappa shape index (κ2) is 3.54. The van der Waals surface area contributed by atoms with Crippen molar-refractivity contribution >= 4 is 11.0 Å². The molecule has 0 spiro atoms. The highest BCUT2D eigenvalue weighted by Gasteiger charge is 2.16. The Morgan fingerprint density at radius 1 is 1.12 bits per heavy atom. The molecule has 2 aromatic heterocycles. The fraction of sp³-hybridized carbons (Fsp3) is 0.0769. The molecule has 1 N–H and O–H groups in total. The van der Waals surface area contributed by atoms with Gasteiger partial charge in [0.25, 0.3) is 0 Å². The molecule has 0 fully saturated rings. The lowest BCUT2D eigenvalue weighted by molar-refractivity contribution is 0.191. The lowest BCUT2D eigenvalue weighted by Crippen LogP contribution is -1.95. The van der Waals surface area contributed by atoms with Crippen molar-refractivity contribution in [2.24, 2.45) is 0 Å². The van der Waals surface area contributed by atoms with Crippen molar-refractivity contribution < 1.29 is 13.9 Å². The number of rotatable bonds is 2. The van der Waals surface area contributed by atoms with Crippen LogP contribution >= 0.6 is 0 Å². The number of para-hydroxylation sites is 1. The Balaban J connectivity index is 2.06. The van der Waals surface area contributed by atoms with Crippen molar-refractivity contribution in [3.05, 3.63) is 60.2 Å². The van der Waals surface area contributed by atoms with Crippen LogP contribution in [0.2, 0.25) is 0 Å². The maximum atomic E-state index is 10.0. The van der Waals surface area contributed by atoms with Gasteiger partial charge in [-0.15, -0.1) is 0 Å². The van der Waals surface area contributed by atoms with Gasteiger partial charge in [-0.2, -0.15) is 0 Å². The van der Waals surface area contributed by atoms with Gasteiger partial charge < -0.3 is 13.9 Å². The molecule has 0 amide bonds. The van der Waals surface area contributed by atoms with E-state index in [1.54, 1.807) is 6.07 Å². The summed E-state index contributed by atoms with van der Waals surface area (Å²) in [6, 6.07) is 11.2. The second-order valence-corrected chi connectivity index (χ2v) is 3.65. The second-order valence-electron chi connectivity index (χ2n) is 3.65. The van der Waals surface area contributed by atoms with Crippen molar-refractivity contribution in [1.82, 2.24) is 0 Å². The first-order valence-electron chi connectivity index (χ1n) is 5.03. The van der Waals surface area contributed by atoms with Gasteiger partial charge in [0.2, 0.25) is 0 Å².